The van der Waals surface area contributed by atoms with Gasteiger partial charge in [-0.3, -0.25) is 0 Å². The molecule has 0 heterocycles. The number of allylic oxidation sites excluding steroid dienone is 6. The number of unbranched alkanes of at least 4 members (excludes halogenated alkanes) is 7. The first-order chi connectivity index (χ1) is 9.68. The van der Waals surface area contributed by atoms with Crippen molar-refractivity contribution in [2.24, 2.45) is 0 Å². The number of hydrogen-bond donors (Lipinski definition) is 3. The molecule has 3 N–H and O–H groups in total. The van der Waals surface area contributed by atoms with Crippen molar-refractivity contribution in [1.82, 2.24) is 0 Å². The van der Waals surface area contributed by atoms with Gasteiger partial charge >= 0.3 is 5.95 Å². The van der Waals surface area contributed by atoms with E-state index in [0.29, 0.717) is 0 Å². The summed E-state index contributed by atoms with van der Waals surface area (Å²) < 4.78 is 0. The molecule has 0 saturated carbocycles. The van der Waals surface area contributed by atoms with Crippen LogP contribution in [0.4, 0.5) is 0 Å². The molecule has 0 aromatic rings. The molecule has 0 aromatic heterocycles. The maximum absolute atomic E-state index is 8.94. The third-order valence-corrected chi connectivity index (χ3v) is 2.93. The van der Waals surface area contributed by atoms with Gasteiger partial charge in [0.2, 0.25) is 0 Å². The van der Waals surface area contributed by atoms with Crippen molar-refractivity contribution in [1.29, 1.82) is 0 Å². The van der Waals surface area contributed by atoms with Crippen molar-refractivity contribution in [3.8, 4) is 0 Å². The molecule has 3 nitrogen and oxygen atoms in total. The van der Waals surface area contributed by atoms with Gasteiger partial charge in [-0.25, -0.2) is 0 Å². The molecule has 0 unspecified atom stereocenters. The van der Waals surface area contributed by atoms with Crippen LogP contribution in [0.2, 0.25) is 0 Å². The molecule has 0 aromatic carbocycles. The Labute approximate surface area is 122 Å². The molecule has 0 rings (SSSR count). The Morgan fingerprint density at radius 2 is 1.35 bits per heavy atom. The summed E-state index contributed by atoms with van der Waals surface area (Å²) in [6.45, 7) is 2.23. The highest BCUT2D eigenvalue weighted by Gasteiger charge is 1.92. The smallest absolute Gasteiger partial charge is 0.318 e. The summed E-state index contributed by atoms with van der Waals surface area (Å²) in [7, 11) is 0. The van der Waals surface area contributed by atoms with Crippen molar-refractivity contribution >= 4 is 0 Å². The fraction of sp³-hybridized carbons (Fsp3) is 0.529. The first-order valence-electron chi connectivity index (χ1n) is 7.49. The van der Waals surface area contributed by atoms with E-state index in [0.717, 1.165) is 6.42 Å². The summed E-state index contributed by atoms with van der Waals surface area (Å²) in [5.41, 5.74) is 0. The second-order valence-corrected chi connectivity index (χ2v) is 4.79. The van der Waals surface area contributed by atoms with E-state index in [2.05, 4.69) is 13.0 Å². The Kier molecular flexibility index (Phi) is 12.7. The van der Waals surface area contributed by atoms with Gasteiger partial charge in [-0.05, 0) is 18.9 Å². The topological polar surface area (TPSA) is 60.7 Å². The molecule has 0 fully saturated rings. The SMILES string of the molecule is CCCCCCCCCC=CC=CC=CC(O)=C(O)O. The van der Waals surface area contributed by atoms with E-state index in [1.165, 1.54) is 51.0 Å². The fourth-order valence-electron chi connectivity index (χ4n) is 1.74. The molecule has 0 amide bonds. The van der Waals surface area contributed by atoms with E-state index in [1.807, 2.05) is 12.2 Å². The van der Waals surface area contributed by atoms with Crippen LogP contribution in [0.25, 0.3) is 0 Å². The highest BCUT2D eigenvalue weighted by Crippen LogP contribution is 2.08. The third-order valence-electron chi connectivity index (χ3n) is 2.93. The van der Waals surface area contributed by atoms with Gasteiger partial charge in [-0.2, -0.15) is 0 Å². The minimum absolute atomic E-state index is 0.540. The number of rotatable bonds is 11. The lowest BCUT2D eigenvalue weighted by Gasteiger charge is -1.98. The Bertz CT molecular complexity index is 334. The predicted octanol–water partition coefficient (Wildman–Crippen LogP) is 5.64. The molecule has 114 valence electrons. The molecule has 3 heteroatoms. The van der Waals surface area contributed by atoms with Crippen molar-refractivity contribution in [3.05, 3.63) is 48.2 Å². The van der Waals surface area contributed by atoms with Gasteiger partial charge in [0, 0.05) is 0 Å². The van der Waals surface area contributed by atoms with E-state index >= 15 is 0 Å². The van der Waals surface area contributed by atoms with Crippen LogP contribution < -0.4 is 0 Å². The van der Waals surface area contributed by atoms with Gasteiger partial charge in [-0.1, -0.05) is 75.8 Å². The lowest BCUT2D eigenvalue weighted by molar-refractivity contribution is 0.163. The van der Waals surface area contributed by atoms with E-state index in [4.69, 9.17) is 15.3 Å². The third kappa shape index (κ3) is 12.8. The molecule has 0 spiro atoms. The van der Waals surface area contributed by atoms with Crippen LogP contribution in [0.3, 0.4) is 0 Å². The summed E-state index contributed by atoms with van der Waals surface area (Å²) in [6.07, 6.45) is 20.7. The highest BCUT2D eigenvalue weighted by atomic mass is 16.5. The summed E-state index contributed by atoms with van der Waals surface area (Å²) in [5.74, 6) is -1.61. The summed E-state index contributed by atoms with van der Waals surface area (Å²) in [4.78, 5) is 0. The van der Waals surface area contributed by atoms with Gasteiger partial charge in [0.25, 0.3) is 0 Å². The molecular weight excluding hydrogens is 252 g/mol. The standard InChI is InChI=1S/C17H28O3/c1-2-3-4-5-6-7-8-9-10-11-12-13-14-15-16(18)17(19)20/h10-15,18-20H,2-9H2,1H3. The molecule has 0 aliphatic heterocycles. The van der Waals surface area contributed by atoms with Gasteiger partial charge in [-0.15, -0.1) is 0 Å². The Balaban J connectivity index is 3.51. The van der Waals surface area contributed by atoms with Crippen molar-refractivity contribution in [3.63, 3.8) is 0 Å². The highest BCUT2D eigenvalue weighted by molar-refractivity contribution is 5.18. The first kappa shape index (κ1) is 18.4. The van der Waals surface area contributed by atoms with Crippen molar-refractivity contribution in [2.45, 2.75) is 58.3 Å². The summed E-state index contributed by atoms with van der Waals surface area (Å²) >= 11 is 0. The Hall–Kier alpha value is -1.64. The minimum atomic E-state index is -1.07. The Morgan fingerprint density at radius 1 is 0.750 bits per heavy atom. The maximum atomic E-state index is 8.94. The number of aliphatic hydroxyl groups excluding tert-OH is 2. The zero-order valence-corrected chi connectivity index (χ0v) is 12.5. The summed E-state index contributed by atoms with van der Waals surface area (Å²) in [6, 6.07) is 0. The van der Waals surface area contributed by atoms with Gasteiger partial charge < -0.3 is 15.3 Å². The zero-order valence-electron chi connectivity index (χ0n) is 12.5. The lowest BCUT2D eigenvalue weighted by Crippen LogP contribution is -1.83. The maximum Gasteiger partial charge on any atom is 0.318 e. The molecule has 0 aliphatic rings. The first-order valence-corrected chi connectivity index (χ1v) is 7.49. The fourth-order valence-corrected chi connectivity index (χ4v) is 1.74. The predicted molar refractivity (Wildman–Crippen MR) is 84.9 cm³/mol. The molecule has 0 bridgehead atoms. The van der Waals surface area contributed by atoms with Crippen LogP contribution in [0.5, 0.6) is 0 Å². The van der Waals surface area contributed by atoms with Crippen LogP contribution in [0.1, 0.15) is 58.3 Å². The normalized spacial score (nSPS) is 11.8. The average molecular weight is 280 g/mol. The van der Waals surface area contributed by atoms with Crippen LogP contribution in [0.15, 0.2) is 48.2 Å². The van der Waals surface area contributed by atoms with Gasteiger partial charge in [0.15, 0.2) is 5.76 Å². The number of hydrogen-bond acceptors (Lipinski definition) is 3. The summed E-state index contributed by atoms with van der Waals surface area (Å²) in [5, 5.41) is 26.0. The Morgan fingerprint density at radius 3 is 2.00 bits per heavy atom. The minimum Gasteiger partial charge on any atom is -0.502 e. The number of aliphatic hydroxyl groups is 3. The van der Waals surface area contributed by atoms with E-state index < -0.39 is 11.7 Å². The quantitative estimate of drug-likeness (QED) is 0.261. The van der Waals surface area contributed by atoms with Crippen LogP contribution in [0, 0.1) is 0 Å². The second-order valence-electron chi connectivity index (χ2n) is 4.79. The molecule has 0 aliphatic carbocycles. The van der Waals surface area contributed by atoms with Crippen molar-refractivity contribution < 1.29 is 15.3 Å². The van der Waals surface area contributed by atoms with Crippen LogP contribution >= 0.6 is 0 Å². The lowest BCUT2D eigenvalue weighted by atomic mass is 10.1. The van der Waals surface area contributed by atoms with E-state index in [1.54, 1.807) is 12.2 Å². The van der Waals surface area contributed by atoms with Gasteiger partial charge in [0.05, 0.1) is 0 Å². The molecule has 0 radical (unpaired) electrons. The van der Waals surface area contributed by atoms with E-state index in [-0.39, 0.29) is 0 Å². The second kappa shape index (κ2) is 13.8. The van der Waals surface area contributed by atoms with Crippen molar-refractivity contribution in [2.75, 3.05) is 0 Å². The van der Waals surface area contributed by atoms with Crippen LogP contribution in [-0.2, 0) is 0 Å². The molecular formula is C17H28O3. The molecule has 20 heavy (non-hydrogen) atoms. The van der Waals surface area contributed by atoms with Crippen LogP contribution in [-0.4, -0.2) is 15.3 Å². The monoisotopic (exact) mass is 280 g/mol. The van der Waals surface area contributed by atoms with E-state index in [9.17, 15) is 0 Å². The molecule has 0 atom stereocenters. The molecule has 0 saturated heterocycles. The van der Waals surface area contributed by atoms with Gasteiger partial charge in [0.1, 0.15) is 0 Å². The largest absolute Gasteiger partial charge is 0.502 e. The zero-order chi connectivity index (χ0) is 15.1. The average Bonchev–Trinajstić information content (AvgIpc) is 2.43.